The van der Waals surface area contributed by atoms with Gasteiger partial charge in [-0.1, -0.05) is 26.0 Å². The number of hydrogen-bond acceptors (Lipinski definition) is 4. The van der Waals surface area contributed by atoms with Crippen LogP contribution in [0.5, 0.6) is 17.2 Å². The third-order valence-electron chi connectivity index (χ3n) is 3.99. The lowest BCUT2D eigenvalue weighted by Gasteiger charge is -2.11. The number of aryl methyl sites for hydroxylation is 1. The average Bonchev–Trinajstić information content (AvgIpc) is 2.58. The number of rotatable bonds is 4. The lowest BCUT2D eigenvalue weighted by atomic mass is 10.0. The standard InChI is InChI=1S/C20H20O4/c1-12(2)14-5-7-15(8-6-14)24-20-13(3)23-18-11-16(22-4)9-10-17(18)19(20)21/h5-12H,1-4H3. The molecule has 0 aliphatic heterocycles. The zero-order valence-corrected chi connectivity index (χ0v) is 14.3. The van der Waals surface area contributed by atoms with E-state index >= 15 is 0 Å². The molecule has 0 bridgehead atoms. The van der Waals surface area contributed by atoms with Crippen molar-refractivity contribution in [2.45, 2.75) is 26.7 Å². The van der Waals surface area contributed by atoms with Crippen LogP contribution in [0.2, 0.25) is 0 Å². The van der Waals surface area contributed by atoms with Crippen LogP contribution < -0.4 is 14.9 Å². The summed E-state index contributed by atoms with van der Waals surface area (Å²) in [6.45, 7) is 5.98. The van der Waals surface area contributed by atoms with E-state index in [9.17, 15) is 4.79 Å². The zero-order chi connectivity index (χ0) is 17.3. The van der Waals surface area contributed by atoms with Crippen LogP contribution >= 0.6 is 0 Å². The predicted octanol–water partition coefficient (Wildman–Crippen LogP) is 5.03. The van der Waals surface area contributed by atoms with Crippen LogP contribution in [0.3, 0.4) is 0 Å². The monoisotopic (exact) mass is 324 g/mol. The maximum absolute atomic E-state index is 12.7. The minimum absolute atomic E-state index is 0.190. The highest BCUT2D eigenvalue weighted by molar-refractivity contribution is 5.79. The molecular weight excluding hydrogens is 304 g/mol. The van der Waals surface area contributed by atoms with E-state index < -0.39 is 0 Å². The molecular formula is C20H20O4. The summed E-state index contributed by atoms with van der Waals surface area (Å²) >= 11 is 0. The highest BCUT2D eigenvalue weighted by Crippen LogP contribution is 2.28. The Kier molecular flexibility index (Phi) is 4.30. The number of hydrogen-bond donors (Lipinski definition) is 0. The summed E-state index contributed by atoms with van der Waals surface area (Å²) in [6.07, 6.45) is 0. The van der Waals surface area contributed by atoms with E-state index in [4.69, 9.17) is 13.9 Å². The molecule has 0 unspecified atom stereocenters. The van der Waals surface area contributed by atoms with Crippen LogP contribution in [0.1, 0.15) is 31.1 Å². The number of fused-ring (bicyclic) bond motifs is 1. The normalized spacial score (nSPS) is 11.0. The van der Waals surface area contributed by atoms with E-state index in [2.05, 4.69) is 13.8 Å². The second kappa shape index (κ2) is 6.40. The van der Waals surface area contributed by atoms with Crippen LogP contribution in [0.25, 0.3) is 11.0 Å². The quantitative estimate of drug-likeness (QED) is 0.675. The van der Waals surface area contributed by atoms with Crippen LogP contribution in [0.15, 0.2) is 51.7 Å². The van der Waals surface area contributed by atoms with Gasteiger partial charge in [-0.3, -0.25) is 4.79 Å². The van der Waals surface area contributed by atoms with E-state index in [1.807, 2.05) is 24.3 Å². The average molecular weight is 324 g/mol. The summed E-state index contributed by atoms with van der Waals surface area (Å²) in [5, 5.41) is 0.468. The molecule has 0 aliphatic rings. The summed E-state index contributed by atoms with van der Waals surface area (Å²) in [5.41, 5.74) is 1.51. The Morgan fingerprint density at radius 3 is 2.29 bits per heavy atom. The predicted molar refractivity (Wildman–Crippen MR) is 94.4 cm³/mol. The Hall–Kier alpha value is -2.75. The number of methoxy groups -OCH3 is 1. The summed E-state index contributed by atoms with van der Waals surface area (Å²) in [4.78, 5) is 12.7. The van der Waals surface area contributed by atoms with Crippen molar-refractivity contribution < 1.29 is 13.9 Å². The summed E-state index contributed by atoms with van der Waals surface area (Å²) in [7, 11) is 1.57. The lowest BCUT2D eigenvalue weighted by molar-refractivity contribution is 0.412. The Morgan fingerprint density at radius 2 is 1.67 bits per heavy atom. The molecule has 0 N–H and O–H groups in total. The molecule has 0 radical (unpaired) electrons. The van der Waals surface area contributed by atoms with Crippen LogP contribution in [0.4, 0.5) is 0 Å². The van der Waals surface area contributed by atoms with Gasteiger partial charge < -0.3 is 13.9 Å². The first-order chi connectivity index (χ1) is 11.5. The third-order valence-corrected chi connectivity index (χ3v) is 3.99. The van der Waals surface area contributed by atoms with Crippen molar-refractivity contribution in [2.24, 2.45) is 0 Å². The minimum atomic E-state index is -0.190. The zero-order valence-electron chi connectivity index (χ0n) is 14.3. The summed E-state index contributed by atoms with van der Waals surface area (Å²) < 4.78 is 16.7. The molecule has 0 spiro atoms. The fraction of sp³-hybridized carbons (Fsp3) is 0.250. The first kappa shape index (κ1) is 16.1. The Balaban J connectivity index is 2.01. The maximum Gasteiger partial charge on any atom is 0.235 e. The van der Waals surface area contributed by atoms with Crippen molar-refractivity contribution in [3.05, 3.63) is 64.0 Å². The van der Waals surface area contributed by atoms with Gasteiger partial charge in [-0.2, -0.15) is 0 Å². The molecule has 124 valence electrons. The maximum atomic E-state index is 12.7. The first-order valence-electron chi connectivity index (χ1n) is 7.89. The Bertz CT molecular complexity index is 921. The SMILES string of the molecule is COc1ccc2c(=O)c(Oc3ccc(C(C)C)cc3)c(C)oc2c1. The fourth-order valence-corrected chi connectivity index (χ4v) is 2.55. The van der Waals surface area contributed by atoms with Gasteiger partial charge in [0.1, 0.15) is 22.8 Å². The van der Waals surface area contributed by atoms with E-state index in [0.29, 0.717) is 34.1 Å². The molecule has 0 saturated carbocycles. The van der Waals surface area contributed by atoms with Crippen molar-refractivity contribution in [2.75, 3.05) is 7.11 Å². The molecule has 0 saturated heterocycles. The van der Waals surface area contributed by atoms with Gasteiger partial charge in [0.15, 0.2) is 0 Å². The highest BCUT2D eigenvalue weighted by atomic mass is 16.5. The Labute approximate surface area is 140 Å². The molecule has 4 heteroatoms. The molecule has 1 aromatic heterocycles. The van der Waals surface area contributed by atoms with E-state index in [0.717, 1.165) is 0 Å². The largest absolute Gasteiger partial charge is 0.497 e. The molecule has 1 heterocycles. The Morgan fingerprint density at radius 1 is 1.00 bits per heavy atom. The lowest BCUT2D eigenvalue weighted by Crippen LogP contribution is -2.07. The van der Waals surface area contributed by atoms with E-state index in [1.54, 1.807) is 32.2 Å². The van der Waals surface area contributed by atoms with Crippen molar-refractivity contribution >= 4 is 11.0 Å². The molecule has 3 rings (SSSR count). The second-order valence-corrected chi connectivity index (χ2v) is 6.00. The van der Waals surface area contributed by atoms with Gasteiger partial charge in [0.25, 0.3) is 0 Å². The van der Waals surface area contributed by atoms with Crippen molar-refractivity contribution in [3.8, 4) is 17.2 Å². The van der Waals surface area contributed by atoms with Crippen LogP contribution in [-0.2, 0) is 0 Å². The highest BCUT2D eigenvalue weighted by Gasteiger charge is 2.14. The van der Waals surface area contributed by atoms with Crippen molar-refractivity contribution in [1.29, 1.82) is 0 Å². The van der Waals surface area contributed by atoms with Gasteiger partial charge in [-0.05, 0) is 42.7 Å². The summed E-state index contributed by atoms with van der Waals surface area (Å²) in [6, 6.07) is 12.9. The van der Waals surface area contributed by atoms with Crippen LogP contribution in [0, 0.1) is 6.92 Å². The minimum Gasteiger partial charge on any atom is -0.497 e. The van der Waals surface area contributed by atoms with Crippen LogP contribution in [-0.4, -0.2) is 7.11 Å². The van der Waals surface area contributed by atoms with Gasteiger partial charge in [0.2, 0.25) is 11.2 Å². The topological polar surface area (TPSA) is 48.7 Å². The van der Waals surface area contributed by atoms with Crippen molar-refractivity contribution in [3.63, 3.8) is 0 Å². The second-order valence-electron chi connectivity index (χ2n) is 6.00. The third kappa shape index (κ3) is 3.00. The smallest absolute Gasteiger partial charge is 0.235 e. The van der Waals surface area contributed by atoms with Gasteiger partial charge >= 0.3 is 0 Å². The van der Waals surface area contributed by atoms with Crippen molar-refractivity contribution in [1.82, 2.24) is 0 Å². The number of benzene rings is 2. The summed E-state index contributed by atoms with van der Waals surface area (Å²) in [5.74, 6) is 2.35. The van der Waals surface area contributed by atoms with Gasteiger partial charge in [-0.15, -0.1) is 0 Å². The molecule has 0 amide bonds. The van der Waals surface area contributed by atoms with E-state index in [-0.39, 0.29) is 11.2 Å². The molecule has 24 heavy (non-hydrogen) atoms. The molecule has 0 fully saturated rings. The molecule has 0 aliphatic carbocycles. The fourth-order valence-electron chi connectivity index (χ4n) is 2.55. The van der Waals surface area contributed by atoms with Gasteiger partial charge in [0.05, 0.1) is 12.5 Å². The van der Waals surface area contributed by atoms with Gasteiger partial charge in [0, 0.05) is 6.07 Å². The van der Waals surface area contributed by atoms with E-state index in [1.165, 1.54) is 5.56 Å². The molecule has 0 atom stereocenters. The number of ether oxygens (including phenoxy) is 2. The molecule has 4 nitrogen and oxygen atoms in total. The van der Waals surface area contributed by atoms with Gasteiger partial charge in [-0.25, -0.2) is 0 Å². The molecule has 2 aromatic carbocycles. The first-order valence-corrected chi connectivity index (χ1v) is 7.89. The molecule has 3 aromatic rings.